The van der Waals surface area contributed by atoms with Crippen molar-refractivity contribution < 1.29 is 10.2 Å². The van der Waals surface area contributed by atoms with Crippen molar-refractivity contribution in [3.05, 3.63) is 24.8 Å². The SMILES string of the molecule is Nc1cnc(Nc2cc(NC(CO)CO)ncn2)cn1. The van der Waals surface area contributed by atoms with Gasteiger partial charge < -0.3 is 26.6 Å². The summed E-state index contributed by atoms with van der Waals surface area (Å²) < 4.78 is 0. The van der Waals surface area contributed by atoms with E-state index in [1.807, 2.05) is 0 Å². The fourth-order valence-electron chi connectivity index (χ4n) is 1.40. The third-order valence-corrected chi connectivity index (χ3v) is 2.39. The second-order valence-electron chi connectivity index (χ2n) is 3.95. The monoisotopic (exact) mass is 277 g/mol. The molecular formula is C11H15N7O2. The highest BCUT2D eigenvalue weighted by molar-refractivity contribution is 5.55. The Kier molecular flexibility index (Phi) is 4.58. The van der Waals surface area contributed by atoms with E-state index in [9.17, 15) is 0 Å². The molecule has 0 fully saturated rings. The minimum absolute atomic E-state index is 0.202. The number of nitrogens with zero attached hydrogens (tertiary/aromatic N) is 4. The summed E-state index contributed by atoms with van der Waals surface area (Å²) in [6.07, 6.45) is 4.26. The molecule has 0 saturated heterocycles. The normalized spacial score (nSPS) is 10.6. The smallest absolute Gasteiger partial charge is 0.150 e. The summed E-state index contributed by atoms with van der Waals surface area (Å²) in [6.45, 7) is -0.403. The molecule has 0 aliphatic rings. The Morgan fingerprint density at radius 1 is 1.00 bits per heavy atom. The van der Waals surface area contributed by atoms with Crippen LogP contribution in [0.3, 0.4) is 0 Å². The van der Waals surface area contributed by atoms with Crippen molar-refractivity contribution in [2.75, 3.05) is 29.6 Å². The lowest BCUT2D eigenvalue weighted by molar-refractivity contribution is 0.203. The first-order valence-corrected chi connectivity index (χ1v) is 5.86. The van der Waals surface area contributed by atoms with E-state index in [4.69, 9.17) is 15.9 Å². The van der Waals surface area contributed by atoms with E-state index in [2.05, 4.69) is 30.6 Å². The van der Waals surface area contributed by atoms with Crippen LogP contribution in [0.15, 0.2) is 24.8 Å². The van der Waals surface area contributed by atoms with Crippen LogP contribution in [-0.2, 0) is 0 Å². The van der Waals surface area contributed by atoms with Crippen molar-refractivity contribution in [3.63, 3.8) is 0 Å². The third-order valence-electron chi connectivity index (χ3n) is 2.39. The largest absolute Gasteiger partial charge is 0.394 e. The topological polar surface area (TPSA) is 142 Å². The number of aromatic nitrogens is 4. The molecule has 0 bridgehead atoms. The van der Waals surface area contributed by atoms with E-state index < -0.39 is 6.04 Å². The van der Waals surface area contributed by atoms with Crippen LogP contribution in [0.2, 0.25) is 0 Å². The first-order valence-electron chi connectivity index (χ1n) is 5.86. The Balaban J connectivity index is 2.07. The number of aliphatic hydroxyl groups excluding tert-OH is 2. The number of hydrogen-bond acceptors (Lipinski definition) is 9. The Bertz CT molecular complexity index is 545. The van der Waals surface area contributed by atoms with Crippen LogP contribution >= 0.6 is 0 Å². The average molecular weight is 277 g/mol. The van der Waals surface area contributed by atoms with Gasteiger partial charge in [0.1, 0.15) is 29.6 Å². The number of nitrogens with two attached hydrogens (primary N) is 1. The summed E-state index contributed by atoms with van der Waals surface area (Å²) >= 11 is 0. The minimum atomic E-state index is -0.478. The predicted molar refractivity (Wildman–Crippen MR) is 73.3 cm³/mol. The molecule has 2 heterocycles. The van der Waals surface area contributed by atoms with Gasteiger partial charge >= 0.3 is 0 Å². The van der Waals surface area contributed by atoms with Gasteiger partial charge in [-0.25, -0.2) is 19.9 Å². The third kappa shape index (κ3) is 3.73. The number of aliphatic hydroxyl groups is 2. The molecule has 2 aromatic heterocycles. The Labute approximate surface area is 114 Å². The van der Waals surface area contributed by atoms with E-state index in [1.54, 1.807) is 6.07 Å². The fraction of sp³-hybridized carbons (Fsp3) is 0.273. The van der Waals surface area contributed by atoms with Gasteiger partial charge in [-0.05, 0) is 0 Å². The van der Waals surface area contributed by atoms with Crippen LogP contribution in [-0.4, -0.2) is 49.4 Å². The molecule has 6 N–H and O–H groups in total. The van der Waals surface area contributed by atoms with Gasteiger partial charge in [-0.15, -0.1) is 0 Å². The first-order chi connectivity index (χ1) is 9.71. The zero-order chi connectivity index (χ0) is 14.4. The van der Waals surface area contributed by atoms with Crippen molar-refractivity contribution >= 4 is 23.3 Å². The standard InChI is InChI=1S/C11H15N7O2/c12-8-2-14-11(3-13-8)18-10-1-9(15-6-16-10)17-7(4-19)5-20/h1-3,6-7,19-20H,4-5H2,(H2,12,13)(H2,14,15,16,17,18). The summed E-state index contributed by atoms with van der Waals surface area (Å²) in [5, 5.41) is 23.8. The fourth-order valence-corrected chi connectivity index (χ4v) is 1.40. The lowest BCUT2D eigenvalue weighted by atomic mass is 10.3. The van der Waals surface area contributed by atoms with Gasteiger partial charge in [-0.3, -0.25) is 0 Å². The molecule has 0 unspecified atom stereocenters. The summed E-state index contributed by atoms with van der Waals surface area (Å²) in [5.74, 6) is 1.79. The van der Waals surface area contributed by atoms with E-state index in [0.717, 1.165) is 0 Å². The lowest BCUT2D eigenvalue weighted by Gasteiger charge is -2.14. The maximum absolute atomic E-state index is 9.01. The van der Waals surface area contributed by atoms with E-state index in [0.29, 0.717) is 23.3 Å². The van der Waals surface area contributed by atoms with Crippen molar-refractivity contribution in [1.29, 1.82) is 0 Å². The zero-order valence-corrected chi connectivity index (χ0v) is 10.6. The molecule has 0 amide bonds. The molecule has 0 spiro atoms. The molecule has 2 rings (SSSR count). The van der Waals surface area contributed by atoms with Crippen LogP contribution in [0, 0.1) is 0 Å². The molecule has 106 valence electrons. The summed E-state index contributed by atoms with van der Waals surface area (Å²) in [6, 6.07) is 1.14. The van der Waals surface area contributed by atoms with Crippen LogP contribution in [0.4, 0.5) is 23.3 Å². The maximum atomic E-state index is 9.01. The quantitative estimate of drug-likeness (QED) is 0.465. The molecule has 0 aliphatic heterocycles. The van der Waals surface area contributed by atoms with Crippen LogP contribution < -0.4 is 16.4 Å². The zero-order valence-electron chi connectivity index (χ0n) is 10.6. The Morgan fingerprint density at radius 3 is 2.40 bits per heavy atom. The van der Waals surface area contributed by atoms with Gasteiger partial charge in [0.05, 0.1) is 31.6 Å². The molecule has 20 heavy (non-hydrogen) atoms. The molecule has 9 heteroatoms. The minimum Gasteiger partial charge on any atom is -0.394 e. The Morgan fingerprint density at radius 2 is 1.75 bits per heavy atom. The van der Waals surface area contributed by atoms with Crippen LogP contribution in [0.5, 0.6) is 0 Å². The van der Waals surface area contributed by atoms with Gasteiger partial charge in [-0.1, -0.05) is 0 Å². The highest BCUT2D eigenvalue weighted by Gasteiger charge is 2.07. The van der Waals surface area contributed by atoms with E-state index in [1.165, 1.54) is 18.7 Å². The van der Waals surface area contributed by atoms with Crippen LogP contribution in [0.25, 0.3) is 0 Å². The predicted octanol–water partition coefficient (Wildman–Crippen LogP) is -0.643. The molecule has 0 atom stereocenters. The van der Waals surface area contributed by atoms with Gasteiger partial charge in [0.2, 0.25) is 0 Å². The molecule has 0 aromatic carbocycles. The second kappa shape index (κ2) is 6.59. The number of rotatable bonds is 6. The van der Waals surface area contributed by atoms with Crippen molar-refractivity contribution in [2.45, 2.75) is 6.04 Å². The number of nitrogen functional groups attached to an aromatic ring is 1. The highest BCUT2D eigenvalue weighted by atomic mass is 16.3. The maximum Gasteiger partial charge on any atom is 0.150 e. The summed E-state index contributed by atoms with van der Waals surface area (Å²) in [5.41, 5.74) is 5.45. The molecule has 0 aliphatic carbocycles. The number of nitrogens with one attached hydrogen (secondary N) is 2. The van der Waals surface area contributed by atoms with Gasteiger partial charge in [0.25, 0.3) is 0 Å². The lowest BCUT2D eigenvalue weighted by Crippen LogP contribution is -2.28. The number of anilines is 4. The Hall–Kier alpha value is -2.52. The molecule has 9 nitrogen and oxygen atoms in total. The van der Waals surface area contributed by atoms with Crippen molar-refractivity contribution in [3.8, 4) is 0 Å². The highest BCUT2D eigenvalue weighted by Crippen LogP contribution is 2.14. The van der Waals surface area contributed by atoms with E-state index in [-0.39, 0.29) is 13.2 Å². The van der Waals surface area contributed by atoms with Crippen molar-refractivity contribution in [1.82, 2.24) is 19.9 Å². The average Bonchev–Trinajstić information content (AvgIpc) is 2.47. The van der Waals surface area contributed by atoms with E-state index >= 15 is 0 Å². The molecule has 2 aromatic rings. The second-order valence-corrected chi connectivity index (χ2v) is 3.95. The van der Waals surface area contributed by atoms with Gasteiger partial charge in [0.15, 0.2) is 0 Å². The van der Waals surface area contributed by atoms with Crippen LogP contribution in [0.1, 0.15) is 0 Å². The van der Waals surface area contributed by atoms with Crippen molar-refractivity contribution in [2.24, 2.45) is 0 Å². The first kappa shape index (κ1) is 13.9. The molecule has 0 saturated carbocycles. The van der Waals surface area contributed by atoms with Gasteiger partial charge in [0, 0.05) is 6.07 Å². The number of hydrogen-bond donors (Lipinski definition) is 5. The molecular weight excluding hydrogens is 262 g/mol. The van der Waals surface area contributed by atoms with Gasteiger partial charge in [-0.2, -0.15) is 0 Å². The molecule has 0 radical (unpaired) electrons. The summed E-state index contributed by atoms with van der Waals surface area (Å²) in [4.78, 5) is 16.0. The summed E-state index contributed by atoms with van der Waals surface area (Å²) in [7, 11) is 0.